The van der Waals surface area contributed by atoms with Crippen molar-refractivity contribution in [2.24, 2.45) is 0 Å². The Kier molecular flexibility index (Phi) is 4.27. The standard InChI is InChI=1S/C14H17N3OS/c1-9(2)14-16-12(15)8-13(17-14)18-10-6-4-5-7-11(10)19-3/h4-9H,1-3H3,(H2,15,16,17). The van der Waals surface area contributed by atoms with E-state index in [1.165, 1.54) is 0 Å². The lowest BCUT2D eigenvalue weighted by Crippen LogP contribution is -2.03. The van der Waals surface area contributed by atoms with Crippen molar-refractivity contribution in [3.05, 3.63) is 36.2 Å². The predicted octanol–water partition coefficient (Wildman–Crippen LogP) is 3.70. The molecule has 0 aliphatic carbocycles. The van der Waals surface area contributed by atoms with Crippen LogP contribution in [0.5, 0.6) is 11.6 Å². The molecule has 4 nitrogen and oxygen atoms in total. The highest BCUT2D eigenvalue weighted by atomic mass is 32.2. The number of rotatable bonds is 4. The Morgan fingerprint density at radius 1 is 1.21 bits per heavy atom. The van der Waals surface area contributed by atoms with E-state index in [0.717, 1.165) is 10.6 Å². The highest BCUT2D eigenvalue weighted by Crippen LogP contribution is 2.31. The highest BCUT2D eigenvalue weighted by Gasteiger charge is 2.09. The minimum Gasteiger partial charge on any atom is -0.438 e. The van der Waals surface area contributed by atoms with E-state index in [9.17, 15) is 0 Å². The summed E-state index contributed by atoms with van der Waals surface area (Å²) in [6.45, 7) is 4.04. The molecule has 1 heterocycles. The fraction of sp³-hybridized carbons (Fsp3) is 0.286. The number of nitrogens with zero attached hydrogens (tertiary/aromatic N) is 2. The number of hydrogen-bond donors (Lipinski definition) is 1. The maximum atomic E-state index is 5.82. The number of aromatic nitrogens is 2. The third-order valence-electron chi connectivity index (χ3n) is 2.54. The van der Waals surface area contributed by atoms with Crippen LogP contribution in [0.3, 0.4) is 0 Å². The number of anilines is 1. The molecule has 0 bridgehead atoms. The first-order valence-corrected chi connectivity index (χ1v) is 7.28. The van der Waals surface area contributed by atoms with Crippen LogP contribution in [0, 0.1) is 0 Å². The molecule has 0 spiro atoms. The summed E-state index contributed by atoms with van der Waals surface area (Å²) in [7, 11) is 0. The van der Waals surface area contributed by atoms with E-state index >= 15 is 0 Å². The van der Waals surface area contributed by atoms with E-state index in [1.807, 2.05) is 44.4 Å². The van der Waals surface area contributed by atoms with Crippen molar-refractivity contribution in [3.63, 3.8) is 0 Å². The van der Waals surface area contributed by atoms with E-state index in [4.69, 9.17) is 10.5 Å². The van der Waals surface area contributed by atoms with Gasteiger partial charge in [-0.15, -0.1) is 11.8 Å². The van der Waals surface area contributed by atoms with Crippen molar-refractivity contribution < 1.29 is 4.74 Å². The van der Waals surface area contributed by atoms with Gasteiger partial charge < -0.3 is 10.5 Å². The molecule has 0 atom stereocenters. The van der Waals surface area contributed by atoms with Gasteiger partial charge in [0, 0.05) is 16.9 Å². The first kappa shape index (κ1) is 13.7. The fourth-order valence-corrected chi connectivity index (χ4v) is 2.11. The van der Waals surface area contributed by atoms with Gasteiger partial charge in [-0.05, 0) is 18.4 Å². The smallest absolute Gasteiger partial charge is 0.224 e. The van der Waals surface area contributed by atoms with E-state index < -0.39 is 0 Å². The average Bonchev–Trinajstić information content (AvgIpc) is 2.38. The summed E-state index contributed by atoms with van der Waals surface area (Å²) in [4.78, 5) is 9.64. The van der Waals surface area contributed by atoms with E-state index in [-0.39, 0.29) is 5.92 Å². The SMILES string of the molecule is CSc1ccccc1Oc1cc(N)nc(C(C)C)n1. The molecule has 2 aromatic rings. The van der Waals surface area contributed by atoms with Gasteiger partial charge in [0.1, 0.15) is 17.4 Å². The largest absolute Gasteiger partial charge is 0.438 e. The zero-order valence-corrected chi connectivity index (χ0v) is 12.1. The van der Waals surface area contributed by atoms with Crippen molar-refractivity contribution in [1.82, 2.24) is 9.97 Å². The normalized spacial score (nSPS) is 10.7. The van der Waals surface area contributed by atoms with Gasteiger partial charge in [-0.2, -0.15) is 4.98 Å². The van der Waals surface area contributed by atoms with Gasteiger partial charge in [0.2, 0.25) is 5.88 Å². The molecule has 5 heteroatoms. The number of nitrogen functional groups attached to an aromatic ring is 1. The number of para-hydroxylation sites is 1. The van der Waals surface area contributed by atoms with Crippen molar-refractivity contribution in [1.29, 1.82) is 0 Å². The second-order valence-electron chi connectivity index (χ2n) is 4.40. The second-order valence-corrected chi connectivity index (χ2v) is 5.24. The maximum absolute atomic E-state index is 5.82. The van der Waals surface area contributed by atoms with Crippen LogP contribution in [-0.4, -0.2) is 16.2 Å². The zero-order valence-electron chi connectivity index (χ0n) is 11.3. The van der Waals surface area contributed by atoms with Crippen LogP contribution in [-0.2, 0) is 0 Å². The molecule has 1 aromatic heterocycles. The molecular formula is C14H17N3OS. The summed E-state index contributed by atoms with van der Waals surface area (Å²) in [5.41, 5.74) is 5.79. The van der Waals surface area contributed by atoms with Crippen LogP contribution in [0.25, 0.3) is 0 Å². The molecule has 100 valence electrons. The molecule has 0 saturated carbocycles. The van der Waals surface area contributed by atoms with Crippen molar-refractivity contribution in [2.75, 3.05) is 12.0 Å². The minimum atomic E-state index is 0.210. The lowest BCUT2D eigenvalue weighted by atomic mass is 10.2. The third kappa shape index (κ3) is 3.38. The summed E-state index contributed by atoms with van der Waals surface area (Å²) in [5.74, 6) is 2.59. The number of ether oxygens (including phenoxy) is 1. The Balaban J connectivity index is 2.32. The van der Waals surface area contributed by atoms with E-state index in [0.29, 0.717) is 17.5 Å². The highest BCUT2D eigenvalue weighted by molar-refractivity contribution is 7.98. The third-order valence-corrected chi connectivity index (χ3v) is 3.32. The Bertz CT molecular complexity index is 572. The first-order valence-electron chi connectivity index (χ1n) is 6.05. The Morgan fingerprint density at radius 3 is 2.63 bits per heavy atom. The molecule has 2 rings (SSSR count). The number of hydrogen-bond acceptors (Lipinski definition) is 5. The lowest BCUT2D eigenvalue weighted by Gasteiger charge is -2.11. The molecule has 2 N–H and O–H groups in total. The van der Waals surface area contributed by atoms with Gasteiger partial charge in [-0.25, -0.2) is 4.98 Å². The maximum Gasteiger partial charge on any atom is 0.224 e. The second kappa shape index (κ2) is 5.93. The molecule has 0 saturated heterocycles. The van der Waals surface area contributed by atoms with Gasteiger partial charge in [0.05, 0.1) is 0 Å². The number of nitrogens with two attached hydrogens (primary N) is 1. The summed E-state index contributed by atoms with van der Waals surface area (Å²) < 4.78 is 5.82. The molecule has 0 unspecified atom stereocenters. The molecule has 0 amide bonds. The van der Waals surface area contributed by atoms with Crippen LogP contribution >= 0.6 is 11.8 Å². The molecule has 19 heavy (non-hydrogen) atoms. The number of benzene rings is 1. The molecule has 0 radical (unpaired) electrons. The van der Waals surface area contributed by atoms with Crippen LogP contribution in [0.2, 0.25) is 0 Å². The van der Waals surface area contributed by atoms with Crippen molar-refractivity contribution in [2.45, 2.75) is 24.7 Å². The molecule has 1 aromatic carbocycles. The quantitative estimate of drug-likeness (QED) is 0.862. The Labute approximate surface area is 117 Å². The Hall–Kier alpha value is -1.75. The van der Waals surface area contributed by atoms with Crippen LogP contribution in [0.15, 0.2) is 35.2 Å². The lowest BCUT2D eigenvalue weighted by molar-refractivity contribution is 0.447. The molecule has 0 fully saturated rings. The molecular weight excluding hydrogens is 258 g/mol. The van der Waals surface area contributed by atoms with Gasteiger partial charge >= 0.3 is 0 Å². The number of thioether (sulfide) groups is 1. The van der Waals surface area contributed by atoms with Crippen molar-refractivity contribution in [3.8, 4) is 11.6 Å². The topological polar surface area (TPSA) is 61.0 Å². The van der Waals surface area contributed by atoms with Gasteiger partial charge in [-0.1, -0.05) is 26.0 Å². The predicted molar refractivity (Wildman–Crippen MR) is 78.8 cm³/mol. The van der Waals surface area contributed by atoms with Crippen molar-refractivity contribution >= 4 is 17.6 Å². The average molecular weight is 275 g/mol. The first-order chi connectivity index (χ1) is 9.10. The van der Waals surface area contributed by atoms with Gasteiger partial charge in [0.15, 0.2) is 0 Å². The monoisotopic (exact) mass is 275 g/mol. The summed E-state index contributed by atoms with van der Waals surface area (Å²) >= 11 is 1.63. The summed E-state index contributed by atoms with van der Waals surface area (Å²) in [6, 6.07) is 9.48. The molecule has 0 aliphatic heterocycles. The van der Waals surface area contributed by atoms with Crippen LogP contribution in [0.4, 0.5) is 5.82 Å². The fourth-order valence-electron chi connectivity index (χ4n) is 1.59. The van der Waals surface area contributed by atoms with Crippen LogP contribution in [0.1, 0.15) is 25.6 Å². The summed E-state index contributed by atoms with van der Waals surface area (Å²) in [6.07, 6.45) is 2.01. The minimum absolute atomic E-state index is 0.210. The van der Waals surface area contributed by atoms with Gasteiger partial charge in [-0.3, -0.25) is 0 Å². The summed E-state index contributed by atoms with van der Waals surface area (Å²) in [5, 5.41) is 0. The van der Waals surface area contributed by atoms with Crippen LogP contribution < -0.4 is 10.5 Å². The zero-order chi connectivity index (χ0) is 13.8. The van der Waals surface area contributed by atoms with E-state index in [1.54, 1.807) is 17.8 Å². The van der Waals surface area contributed by atoms with Gasteiger partial charge in [0.25, 0.3) is 0 Å². The van der Waals surface area contributed by atoms with E-state index in [2.05, 4.69) is 9.97 Å². The molecule has 0 aliphatic rings. The Morgan fingerprint density at radius 2 is 1.95 bits per heavy atom.